The van der Waals surface area contributed by atoms with Crippen molar-refractivity contribution in [3.8, 4) is 0 Å². The lowest BCUT2D eigenvalue weighted by atomic mass is 10.5. The molecule has 0 saturated heterocycles. The van der Waals surface area contributed by atoms with E-state index in [9.17, 15) is 0 Å². The molecule has 0 N–H and O–H groups in total. The molecule has 0 aliphatic carbocycles. The molecule has 0 amide bonds. The smallest absolute Gasteiger partial charge is 0.00726 e. The molecule has 13 heavy (non-hydrogen) atoms. The standard InChI is InChI=1S/C10H23NS2/c1-4-11(7-9-12-5-2)8-10-13-6-3/h4-10H2,1-3H3. The number of nitrogens with zero attached hydrogens (tertiary/aromatic N) is 1. The van der Waals surface area contributed by atoms with E-state index >= 15 is 0 Å². The Kier molecular flexibility index (Phi) is 11.3. The highest BCUT2D eigenvalue weighted by Crippen LogP contribution is 2.03. The van der Waals surface area contributed by atoms with Crippen LogP contribution in [0.25, 0.3) is 0 Å². The van der Waals surface area contributed by atoms with Crippen molar-refractivity contribution in [2.75, 3.05) is 42.6 Å². The normalized spacial score (nSPS) is 11.1. The van der Waals surface area contributed by atoms with Crippen molar-refractivity contribution in [1.82, 2.24) is 4.90 Å². The Bertz CT molecular complexity index is 88.9. The van der Waals surface area contributed by atoms with Gasteiger partial charge in [-0.25, -0.2) is 0 Å². The number of hydrogen-bond acceptors (Lipinski definition) is 3. The minimum Gasteiger partial charge on any atom is -0.302 e. The van der Waals surface area contributed by atoms with Crippen molar-refractivity contribution in [2.45, 2.75) is 20.8 Å². The Balaban J connectivity index is 3.28. The predicted molar refractivity (Wildman–Crippen MR) is 68.1 cm³/mol. The topological polar surface area (TPSA) is 3.24 Å². The Morgan fingerprint density at radius 2 is 1.31 bits per heavy atom. The van der Waals surface area contributed by atoms with Gasteiger partial charge in [0, 0.05) is 24.6 Å². The summed E-state index contributed by atoms with van der Waals surface area (Å²) < 4.78 is 0. The van der Waals surface area contributed by atoms with Gasteiger partial charge in [-0.05, 0) is 18.1 Å². The maximum Gasteiger partial charge on any atom is 0.00726 e. The highest BCUT2D eigenvalue weighted by Gasteiger charge is 2.00. The summed E-state index contributed by atoms with van der Waals surface area (Å²) in [5.74, 6) is 5.09. The SMILES string of the molecule is CCSCCN(CC)CCSCC. The minimum atomic E-state index is 1.20. The van der Waals surface area contributed by atoms with Crippen LogP contribution in [-0.2, 0) is 0 Å². The molecule has 0 aromatic heterocycles. The molecule has 0 spiro atoms. The zero-order valence-electron chi connectivity index (χ0n) is 9.21. The highest BCUT2D eigenvalue weighted by molar-refractivity contribution is 7.99. The second kappa shape index (κ2) is 10.7. The van der Waals surface area contributed by atoms with Gasteiger partial charge in [0.1, 0.15) is 0 Å². The van der Waals surface area contributed by atoms with E-state index in [0.717, 1.165) is 0 Å². The number of hydrogen-bond donors (Lipinski definition) is 0. The van der Waals surface area contributed by atoms with Crippen LogP contribution in [0.3, 0.4) is 0 Å². The minimum absolute atomic E-state index is 1.20. The average molecular weight is 221 g/mol. The zero-order valence-corrected chi connectivity index (χ0v) is 10.8. The highest BCUT2D eigenvalue weighted by atomic mass is 32.2. The van der Waals surface area contributed by atoms with Gasteiger partial charge in [-0.15, -0.1) is 0 Å². The molecule has 3 heteroatoms. The summed E-state index contributed by atoms with van der Waals surface area (Å²) in [4.78, 5) is 2.55. The van der Waals surface area contributed by atoms with E-state index in [1.165, 1.54) is 42.6 Å². The van der Waals surface area contributed by atoms with E-state index in [1.54, 1.807) is 0 Å². The van der Waals surface area contributed by atoms with E-state index in [1.807, 2.05) is 23.5 Å². The van der Waals surface area contributed by atoms with Crippen molar-refractivity contribution in [3.63, 3.8) is 0 Å². The molecule has 0 heterocycles. The Morgan fingerprint density at radius 3 is 1.62 bits per heavy atom. The third kappa shape index (κ3) is 8.98. The van der Waals surface area contributed by atoms with E-state index in [0.29, 0.717) is 0 Å². The Hall–Kier alpha value is 0.660. The van der Waals surface area contributed by atoms with Gasteiger partial charge in [-0.2, -0.15) is 23.5 Å². The summed E-state index contributed by atoms with van der Waals surface area (Å²) in [5.41, 5.74) is 0. The second-order valence-electron chi connectivity index (χ2n) is 2.83. The van der Waals surface area contributed by atoms with E-state index in [4.69, 9.17) is 0 Å². The van der Waals surface area contributed by atoms with Crippen LogP contribution in [0.2, 0.25) is 0 Å². The van der Waals surface area contributed by atoms with Gasteiger partial charge in [0.25, 0.3) is 0 Å². The predicted octanol–water partition coefficient (Wildman–Crippen LogP) is 2.81. The first-order valence-electron chi connectivity index (χ1n) is 5.22. The van der Waals surface area contributed by atoms with Crippen molar-refractivity contribution in [2.24, 2.45) is 0 Å². The van der Waals surface area contributed by atoms with Crippen LogP contribution in [0.4, 0.5) is 0 Å². The number of rotatable bonds is 9. The summed E-state index contributed by atoms with van der Waals surface area (Å²) >= 11 is 4.09. The molecule has 0 aromatic rings. The lowest BCUT2D eigenvalue weighted by molar-refractivity contribution is 0.326. The second-order valence-corrected chi connectivity index (χ2v) is 5.62. The van der Waals surface area contributed by atoms with Crippen LogP contribution >= 0.6 is 23.5 Å². The third-order valence-electron chi connectivity index (χ3n) is 1.96. The fourth-order valence-electron chi connectivity index (χ4n) is 1.10. The number of thioether (sulfide) groups is 2. The summed E-state index contributed by atoms with van der Waals surface area (Å²) in [6, 6.07) is 0. The molecule has 1 nitrogen and oxygen atoms in total. The van der Waals surface area contributed by atoms with Crippen molar-refractivity contribution < 1.29 is 0 Å². The van der Waals surface area contributed by atoms with E-state index in [2.05, 4.69) is 25.7 Å². The lowest BCUT2D eigenvalue weighted by Gasteiger charge is -2.19. The summed E-state index contributed by atoms with van der Waals surface area (Å²) in [5, 5.41) is 0. The molecule has 0 saturated carbocycles. The Morgan fingerprint density at radius 1 is 0.846 bits per heavy atom. The quantitative estimate of drug-likeness (QED) is 0.551. The molecule has 0 atom stereocenters. The molecular formula is C10H23NS2. The average Bonchev–Trinajstić information content (AvgIpc) is 2.16. The molecule has 0 fully saturated rings. The van der Waals surface area contributed by atoms with Crippen molar-refractivity contribution in [1.29, 1.82) is 0 Å². The molecule has 80 valence electrons. The van der Waals surface area contributed by atoms with Gasteiger partial charge in [-0.3, -0.25) is 0 Å². The van der Waals surface area contributed by atoms with Gasteiger partial charge >= 0.3 is 0 Å². The molecule has 0 aliphatic heterocycles. The summed E-state index contributed by atoms with van der Waals surface area (Å²) in [6.07, 6.45) is 0. The van der Waals surface area contributed by atoms with Crippen LogP contribution in [0.1, 0.15) is 20.8 Å². The third-order valence-corrected chi connectivity index (χ3v) is 3.72. The largest absolute Gasteiger partial charge is 0.302 e. The summed E-state index contributed by atoms with van der Waals surface area (Å²) in [7, 11) is 0. The molecule has 0 radical (unpaired) electrons. The molecule has 0 aromatic carbocycles. The van der Waals surface area contributed by atoms with E-state index < -0.39 is 0 Å². The molecule has 0 rings (SSSR count). The molecule has 0 unspecified atom stereocenters. The van der Waals surface area contributed by atoms with Gasteiger partial charge in [-0.1, -0.05) is 20.8 Å². The summed E-state index contributed by atoms with van der Waals surface area (Å²) in [6.45, 7) is 10.4. The van der Waals surface area contributed by atoms with Gasteiger partial charge in [0.15, 0.2) is 0 Å². The van der Waals surface area contributed by atoms with Gasteiger partial charge in [0.2, 0.25) is 0 Å². The van der Waals surface area contributed by atoms with Crippen molar-refractivity contribution in [3.05, 3.63) is 0 Å². The zero-order chi connectivity index (χ0) is 9.94. The molecule has 0 aliphatic rings. The van der Waals surface area contributed by atoms with Crippen LogP contribution in [0.15, 0.2) is 0 Å². The van der Waals surface area contributed by atoms with Crippen LogP contribution in [-0.4, -0.2) is 47.5 Å². The molecular weight excluding hydrogens is 198 g/mol. The van der Waals surface area contributed by atoms with Crippen LogP contribution < -0.4 is 0 Å². The van der Waals surface area contributed by atoms with Crippen LogP contribution in [0.5, 0.6) is 0 Å². The van der Waals surface area contributed by atoms with Gasteiger partial charge in [0.05, 0.1) is 0 Å². The van der Waals surface area contributed by atoms with Crippen molar-refractivity contribution >= 4 is 23.5 Å². The molecule has 0 bridgehead atoms. The van der Waals surface area contributed by atoms with E-state index in [-0.39, 0.29) is 0 Å². The first kappa shape index (κ1) is 13.7. The first-order valence-corrected chi connectivity index (χ1v) is 7.53. The monoisotopic (exact) mass is 221 g/mol. The van der Waals surface area contributed by atoms with Gasteiger partial charge < -0.3 is 4.90 Å². The fraction of sp³-hybridized carbons (Fsp3) is 1.00. The maximum atomic E-state index is 2.55. The van der Waals surface area contributed by atoms with Crippen LogP contribution in [0, 0.1) is 0 Å². The Labute approximate surface area is 92.0 Å². The fourth-order valence-corrected chi connectivity index (χ4v) is 2.46. The first-order chi connectivity index (χ1) is 6.35. The lowest BCUT2D eigenvalue weighted by Crippen LogP contribution is -2.28. The maximum absolute atomic E-state index is 2.55.